The van der Waals surface area contributed by atoms with Gasteiger partial charge in [-0.25, -0.2) is 0 Å². The second-order valence-electron chi connectivity index (χ2n) is 7.68. The van der Waals surface area contributed by atoms with Crippen molar-refractivity contribution in [1.29, 1.82) is 0 Å². The van der Waals surface area contributed by atoms with Crippen LogP contribution < -0.4 is 5.32 Å². The van der Waals surface area contributed by atoms with Crippen LogP contribution in [0.1, 0.15) is 32.1 Å². The molecule has 0 aromatic heterocycles. The van der Waals surface area contributed by atoms with Gasteiger partial charge in [0.05, 0.1) is 13.2 Å². The number of hydrogen-bond acceptors (Lipinski definition) is 4. The van der Waals surface area contributed by atoms with Crippen LogP contribution in [0.2, 0.25) is 0 Å². The van der Waals surface area contributed by atoms with E-state index in [-0.39, 0.29) is 5.54 Å². The summed E-state index contributed by atoms with van der Waals surface area (Å²) in [5.74, 6) is 1.81. The lowest BCUT2D eigenvalue weighted by Crippen LogP contribution is -2.54. The van der Waals surface area contributed by atoms with Gasteiger partial charge < -0.3 is 15.0 Å². The van der Waals surface area contributed by atoms with E-state index in [0.29, 0.717) is 17.7 Å². The standard InChI is InChI=1S/C17H29N3O2/c21-16(19-12-14-10-18-11-15(14)13-19)9-17(3-1-2-4-17)20-5-7-22-8-6-20/h14-15,18H,1-13H2/t14-,15+. The van der Waals surface area contributed by atoms with Gasteiger partial charge in [0.2, 0.25) is 5.91 Å². The molecular formula is C17H29N3O2. The smallest absolute Gasteiger partial charge is 0.224 e. The maximum Gasteiger partial charge on any atom is 0.224 e. The Morgan fingerprint density at radius 2 is 1.73 bits per heavy atom. The minimum atomic E-state index is 0.136. The summed E-state index contributed by atoms with van der Waals surface area (Å²) < 4.78 is 5.52. The molecule has 2 atom stereocenters. The molecule has 4 aliphatic rings. The van der Waals surface area contributed by atoms with E-state index in [1.54, 1.807) is 0 Å². The Labute approximate surface area is 133 Å². The Kier molecular flexibility index (Phi) is 4.13. The highest BCUT2D eigenvalue weighted by atomic mass is 16.5. The first kappa shape index (κ1) is 14.9. The molecule has 3 saturated heterocycles. The van der Waals surface area contributed by atoms with Crippen LogP contribution in [0.5, 0.6) is 0 Å². The van der Waals surface area contributed by atoms with Gasteiger partial charge in [-0.15, -0.1) is 0 Å². The van der Waals surface area contributed by atoms with Crippen LogP contribution in [0, 0.1) is 11.8 Å². The van der Waals surface area contributed by atoms with Gasteiger partial charge in [-0.3, -0.25) is 9.69 Å². The van der Waals surface area contributed by atoms with Crippen LogP contribution in [-0.2, 0) is 9.53 Å². The number of amides is 1. The van der Waals surface area contributed by atoms with Gasteiger partial charge in [-0.05, 0) is 24.7 Å². The van der Waals surface area contributed by atoms with E-state index in [1.165, 1.54) is 25.7 Å². The third-order valence-corrected chi connectivity index (χ3v) is 6.44. The fraction of sp³-hybridized carbons (Fsp3) is 0.941. The van der Waals surface area contributed by atoms with Crippen molar-refractivity contribution in [2.45, 2.75) is 37.6 Å². The zero-order valence-corrected chi connectivity index (χ0v) is 13.6. The van der Waals surface area contributed by atoms with Gasteiger partial charge in [-0.1, -0.05) is 12.8 Å². The highest BCUT2D eigenvalue weighted by Crippen LogP contribution is 2.39. The molecule has 4 rings (SSSR count). The molecule has 22 heavy (non-hydrogen) atoms. The first-order valence-corrected chi connectivity index (χ1v) is 9.08. The molecule has 0 aromatic carbocycles. The van der Waals surface area contributed by atoms with Gasteiger partial charge in [0.1, 0.15) is 0 Å². The van der Waals surface area contributed by atoms with Crippen molar-refractivity contribution < 1.29 is 9.53 Å². The third kappa shape index (κ3) is 2.68. The zero-order valence-electron chi connectivity index (χ0n) is 13.6. The number of rotatable bonds is 3. The van der Waals surface area contributed by atoms with Crippen molar-refractivity contribution in [3.05, 3.63) is 0 Å². The van der Waals surface area contributed by atoms with E-state index in [2.05, 4.69) is 15.1 Å². The van der Waals surface area contributed by atoms with Crippen LogP contribution in [0.15, 0.2) is 0 Å². The molecule has 1 saturated carbocycles. The minimum Gasteiger partial charge on any atom is -0.379 e. The monoisotopic (exact) mass is 307 g/mol. The maximum absolute atomic E-state index is 12.9. The van der Waals surface area contributed by atoms with Crippen molar-refractivity contribution in [2.24, 2.45) is 11.8 Å². The molecule has 3 heterocycles. The molecule has 1 aliphatic carbocycles. The molecule has 4 fully saturated rings. The second kappa shape index (κ2) is 6.10. The molecule has 124 valence electrons. The van der Waals surface area contributed by atoms with E-state index in [1.807, 2.05) is 0 Å². The van der Waals surface area contributed by atoms with E-state index >= 15 is 0 Å². The Hall–Kier alpha value is -0.650. The van der Waals surface area contributed by atoms with E-state index < -0.39 is 0 Å². The van der Waals surface area contributed by atoms with Crippen LogP contribution in [0.4, 0.5) is 0 Å². The lowest BCUT2D eigenvalue weighted by Gasteiger charge is -2.43. The molecule has 0 bridgehead atoms. The predicted molar refractivity (Wildman–Crippen MR) is 84.6 cm³/mol. The summed E-state index contributed by atoms with van der Waals surface area (Å²) in [5.41, 5.74) is 0.136. The number of ether oxygens (including phenoxy) is 1. The lowest BCUT2D eigenvalue weighted by molar-refractivity contribution is -0.135. The molecule has 1 amide bonds. The Morgan fingerprint density at radius 1 is 1.09 bits per heavy atom. The average molecular weight is 307 g/mol. The highest BCUT2D eigenvalue weighted by molar-refractivity contribution is 5.78. The second-order valence-corrected chi connectivity index (χ2v) is 7.68. The first-order valence-electron chi connectivity index (χ1n) is 9.08. The van der Waals surface area contributed by atoms with E-state index in [4.69, 9.17) is 4.74 Å². The molecular weight excluding hydrogens is 278 g/mol. The number of morpholine rings is 1. The van der Waals surface area contributed by atoms with Crippen molar-refractivity contribution in [3.8, 4) is 0 Å². The summed E-state index contributed by atoms with van der Waals surface area (Å²) in [6.07, 6.45) is 5.68. The molecule has 5 heteroatoms. The van der Waals surface area contributed by atoms with Gasteiger partial charge in [0.25, 0.3) is 0 Å². The average Bonchev–Trinajstić information content (AvgIpc) is 3.24. The molecule has 0 aromatic rings. The number of carbonyl (C=O) groups is 1. The summed E-state index contributed by atoms with van der Waals surface area (Å²) in [7, 11) is 0. The fourth-order valence-corrected chi connectivity index (χ4v) is 5.13. The normalized spacial score (nSPS) is 35.0. The van der Waals surface area contributed by atoms with Crippen molar-refractivity contribution in [2.75, 3.05) is 52.5 Å². The van der Waals surface area contributed by atoms with Crippen LogP contribution in [0.3, 0.4) is 0 Å². The highest BCUT2D eigenvalue weighted by Gasteiger charge is 2.44. The lowest BCUT2D eigenvalue weighted by atomic mass is 9.89. The molecule has 0 spiro atoms. The Morgan fingerprint density at radius 3 is 2.36 bits per heavy atom. The number of nitrogens with zero attached hydrogens (tertiary/aromatic N) is 2. The first-order chi connectivity index (χ1) is 10.8. The number of carbonyl (C=O) groups excluding carboxylic acids is 1. The maximum atomic E-state index is 12.9. The van der Waals surface area contributed by atoms with E-state index in [0.717, 1.165) is 58.9 Å². The minimum absolute atomic E-state index is 0.136. The van der Waals surface area contributed by atoms with Gasteiger partial charge in [-0.2, -0.15) is 0 Å². The topological polar surface area (TPSA) is 44.8 Å². The molecule has 0 radical (unpaired) electrons. The van der Waals surface area contributed by atoms with Crippen molar-refractivity contribution in [1.82, 2.24) is 15.1 Å². The molecule has 1 N–H and O–H groups in total. The summed E-state index contributed by atoms with van der Waals surface area (Å²) in [4.78, 5) is 17.7. The summed E-state index contributed by atoms with van der Waals surface area (Å²) in [5, 5.41) is 3.46. The van der Waals surface area contributed by atoms with Gasteiger partial charge >= 0.3 is 0 Å². The fourth-order valence-electron chi connectivity index (χ4n) is 5.13. The SMILES string of the molecule is O=C(CC1(N2CCOCC2)CCCC1)N1C[C@H]2CNC[C@H]2C1. The van der Waals surface area contributed by atoms with E-state index in [9.17, 15) is 4.79 Å². The van der Waals surface area contributed by atoms with Crippen molar-refractivity contribution >= 4 is 5.91 Å². The largest absolute Gasteiger partial charge is 0.379 e. The van der Waals surface area contributed by atoms with Crippen LogP contribution in [0.25, 0.3) is 0 Å². The number of fused-ring (bicyclic) bond motifs is 1. The molecule has 0 unspecified atom stereocenters. The Balaban J connectivity index is 1.42. The number of likely N-dealkylation sites (tertiary alicyclic amines) is 1. The van der Waals surface area contributed by atoms with Crippen molar-refractivity contribution in [3.63, 3.8) is 0 Å². The van der Waals surface area contributed by atoms with Crippen LogP contribution >= 0.6 is 0 Å². The quantitative estimate of drug-likeness (QED) is 0.834. The molecule has 3 aliphatic heterocycles. The predicted octanol–water partition coefficient (Wildman–Crippen LogP) is 0.699. The summed E-state index contributed by atoms with van der Waals surface area (Å²) in [6, 6.07) is 0. The van der Waals surface area contributed by atoms with Gasteiger partial charge in [0.15, 0.2) is 0 Å². The van der Waals surface area contributed by atoms with Gasteiger partial charge in [0, 0.05) is 51.2 Å². The summed E-state index contributed by atoms with van der Waals surface area (Å²) in [6.45, 7) is 7.83. The third-order valence-electron chi connectivity index (χ3n) is 6.44. The molecule has 5 nitrogen and oxygen atoms in total. The number of hydrogen-bond donors (Lipinski definition) is 1. The Bertz CT molecular complexity index is 404. The summed E-state index contributed by atoms with van der Waals surface area (Å²) >= 11 is 0. The van der Waals surface area contributed by atoms with Crippen LogP contribution in [-0.4, -0.2) is 73.7 Å². The number of nitrogens with one attached hydrogen (secondary N) is 1. The zero-order chi connectivity index (χ0) is 15.0.